The summed E-state index contributed by atoms with van der Waals surface area (Å²) in [5, 5.41) is 12.2. The van der Waals surface area contributed by atoms with E-state index in [2.05, 4.69) is 37.9 Å². The molecular formula is C26H30FN3O2. The summed E-state index contributed by atoms with van der Waals surface area (Å²) in [6, 6.07) is 12.0. The second-order valence-corrected chi connectivity index (χ2v) is 8.85. The lowest BCUT2D eigenvalue weighted by molar-refractivity contribution is -0.112. The van der Waals surface area contributed by atoms with Crippen LogP contribution in [0.25, 0.3) is 6.08 Å². The van der Waals surface area contributed by atoms with Gasteiger partial charge in [-0.2, -0.15) is 5.26 Å². The van der Waals surface area contributed by atoms with E-state index in [4.69, 9.17) is 4.74 Å². The molecule has 0 fully saturated rings. The second-order valence-electron chi connectivity index (χ2n) is 8.85. The van der Waals surface area contributed by atoms with Gasteiger partial charge >= 0.3 is 0 Å². The van der Waals surface area contributed by atoms with Gasteiger partial charge in [0.15, 0.2) is 0 Å². The minimum Gasteiger partial charge on any atom is -0.497 e. The molecule has 1 aliphatic rings. The van der Waals surface area contributed by atoms with Crippen molar-refractivity contribution >= 4 is 23.4 Å². The topological polar surface area (TPSA) is 65.4 Å². The third kappa shape index (κ3) is 4.77. The van der Waals surface area contributed by atoms with Gasteiger partial charge in [-0.3, -0.25) is 4.79 Å². The van der Waals surface area contributed by atoms with Crippen LogP contribution in [-0.4, -0.2) is 25.1 Å². The molecule has 1 aliphatic heterocycles. The van der Waals surface area contributed by atoms with Crippen LogP contribution in [0.2, 0.25) is 0 Å². The number of carbonyl (C=O) groups is 1. The largest absolute Gasteiger partial charge is 0.497 e. The summed E-state index contributed by atoms with van der Waals surface area (Å²) in [6.07, 6.45) is 3.23. The van der Waals surface area contributed by atoms with Crippen molar-refractivity contribution in [2.24, 2.45) is 0 Å². The molecule has 1 heterocycles. The van der Waals surface area contributed by atoms with Crippen LogP contribution in [0, 0.1) is 17.1 Å². The van der Waals surface area contributed by atoms with Gasteiger partial charge in [-0.1, -0.05) is 13.8 Å². The lowest BCUT2D eigenvalue weighted by Gasteiger charge is -2.47. The fraction of sp³-hybridized carbons (Fsp3) is 0.385. The summed E-state index contributed by atoms with van der Waals surface area (Å²) in [5.74, 6) is -0.138. The molecule has 168 valence electrons. The fourth-order valence-corrected chi connectivity index (χ4v) is 4.46. The predicted molar refractivity (Wildman–Crippen MR) is 126 cm³/mol. The van der Waals surface area contributed by atoms with E-state index in [-0.39, 0.29) is 22.6 Å². The molecule has 2 aromatic rings. The van der Waals surface area contributed by atoms with Crippen LogP contribution >= 0.6 is 0 Å². The number of ether oxygens (including phenoxy) is 1. The highest BCUT2D eigenvalue weighted by Crippen LogP contribution is 2.44. The molecule has 0 saturated carbocycles. The number of nitrogens with zero attached hydrogens (tertiary/aromatic N) is 2. The van der Waals surface area contributed by atoms with Gasteiger partial charge in [-0.05, 0) is 80.6 Å². The van der Waals surface area contributed by atoms with Crippen LogP contribution in [0.5, 0.6) is 5.75 Å². The number of benzene rings is 2. The standard InChI is InChI=1S/C26H30FN3O2/c1-6-11-30-24-14-23(27)18(13-22(24)17(2)15-26(30,3)4)12-19(16-28)25(31)29-20-7-9-21(32-5)10-8-20/h7-10,12-14,17H,6,11,15H2,1-5H3,(H,29,31)/b19-12+. The molecule has 3 rings (SSSR count). The van der Waals surface area contributed by atoms with E-state index in [1.807, 2.05) is 6.07 Å². The third-order valence-electron chi connectivity index (χ3n) is 5.96. The second kappa shape index (κ2) is 9.44. The van der Waals surface area contributed by atoms with Crippen LogP contribution in [0.15, 0.2) is 42.0 Å². The molecule has 6 heteroatoms. The normalized spacial score (nSPS) is 17.3. The molecule has 1 N–H and O–H groups in total. The smallest absolute Gasteiger partial charge is 0.266 e. The van der Waals surface area contributed by atoms with Crippen molar-refractivity contribution in [1.29, 1.82) is 5.26 Å². The van der Waals surface area contributed by atoms with E-state index < -0.39 is 11.7 Å². The predicted octanol–water partition coefficient (Wildman–Crippen LogP) is 5.88. The number of halogens is 1. The molecule has 1 atom stereocenters. The third-order valence-corrected chi connectivity index (χ3v) is 5.96. The maximum atomic E-state index is 15.1. The Balaban J connectivity index is 1.93. The van der Waals surface area contributed by atoms with Gasteiger partial charge in [-0.25, -0.2) is 4.39 Å². The minimum atomic E-state index is -0.587. The van der Waals surface area contributed by atoms with E-state index in [0.717, 1.165) is 30.6 Å². The molecule has 0 saturated heterocycles. The van der Waals surface area contributed by atoms with Crippen molar-refractivity contribution in [2.75, 3.05) is 23.9 Å². The Kier molecular flexibility index (Phi) is 6.88. The zero-order chi connectivity index (χ0) is 23.5. The summed E-state index contributed by atoms with van der Waals surface area (Å²) >= 11 is 0. The fourth-order valence-electron chi connectivity index (χ4n) is 4.46. The zero-order valence-electron chi connectivity index (χ0n) is 19.3. The highest BCUT2D eigenvalue weighted by Gasteiger charge is 2.36. The van der Waals surface area contributed by atoms with E-state index >= 15 is 4.39 Å². The number of hydrogen-bond acceptors (Lipinski definition) is 4. The molecule has 0 radical (unpaired) electrons. The first-order chi connectivity index (χ1) is 15.2. The first-order valence-corrected chi connectivity index (χ1v) is 10.9. The van der Waals surface area contributed by atoms with Crippen LogP contribution in [0.3, 0.4) is 0 Å². The molecule has 5 nitrogen and oxygen atoms in total. The number of anilines is 2. The van der Waals surface area contributed by atoms with Crippen LogP contribution < -0.4 is 15.0 Å². The van der Waals surface area contributed by atoms with Gasteiger partial charge in [0.2, 0.25) is 0 Å². The van der Waals surface area contributed by atoms with Crippen LogP contribution in [-0.2, 0) is 4.79 Å². The SMILES string of the molecule is CCCN1c2cc(F)c(/C=C(\C#N)C(=O)Nc3ccc(OC)cc3)cc2C(C)CC1(C)C. The number of hydrogen-bond donors (Lipinski definition) is 1. The number of amides is 1. The van der Waals surface area contributed by atoms with Crippen molar-refractivity contribution in [3.63, 3.8) is 0 Å². The van der Waals surface area contributed by atoms with Crippen molar-refractivity contribution in [1.82, 2.24) is 0 Å². The molecule has 1 amide bonds. The molecule has 2 aromatic carbocycles. The van der Waals surface area contributed by atoms with Gasteiger partial charge in [0, 0.05) is 29.0 Å². The number of rotatable bonds is 6. The molecule has 0 spiro atoms. The van der Waals surface area contributed by atoms with Gasteiger partial charge in [0.05, 0.1) is 7.11 Å². The average molecular weight is 436 g/mol. The van der Waals surface area contributed by atoms with E-state index in [1.54, 1.807) is 43.5 Å². The van der Waals surface area contributed by atoms with E-state index in [9.17, 15) is 10.1 Å². The van der Waals surface area contributed by atoms with Gasteiger partial charge in [0.1, 0.15) is 23.2 Å². The highest BCUT2D eigenvalue weighted by molar-refractivity contribution is 6.09. The number of nitriles is 1. The first kappa shape index (κ1) is 23.3. The quantitative estimate of drug-likeness (QED) is 0.454. The summed E-state index contributed by atoms with van der Waals surface area (Å²) in [5.41, 5.74) is 2.48. The lowest BCUT2D eigenvalue weighted by Crippen LogP contribution is -2.48. The lowest BCUT2D eigenvalue weighted by atomic mass is 9.79. The van der Waals surface area contributed by atoms with Crippen molar-refractivity contribution < 1.29 is 13.9 Å². The number of methoxy groups -OCH3 is 1. The molecule has 1 unspecified atom stereocenters. The Hall–Kier alpha value is -3.33. The van der Waals surface area contributed by atoms with Crippen LogP contribution in [0.1, 0.15) is 57.6 Å². The summed E-state index contributed by atoms with van der Waals surface area (Å²) in [6.45, 7) is 9.46. The zero-order valence-corrected chi connectivity index (χ0v) is 19.3. The summed E-state index contributed by atoms with van der Waals surface area (Å²) in [7, 11) is 1.56. The Bertz CT molecular complexity index is 1070. The average Bonchev–Trinajstić information content (AvgIpc) is 2.75. The molecule has 0 bridgehead atoms. The number of nitrogens with one attached hydrogen (secondary N) is 1. The minimum absolute atomic E-state index is 0.0672. The van der Waals surface area contributed by atoms with Crippen LogP contribution in [0.4, 0.5) is 15.8 Å². The first-order valence-electron chi connectivity index (χ1n) is 10.9. The maximum absolute atomic E-state index is 15.1. The monoisotopic (exact) mass is 435 g/mol. The Morgan fingerprint density at radius 3 is 2.62 bits per heavy atom. The number of carbonyl (C=O) groups excluding carboxylic acids is 1. The number of fused-ring (bicyclic) bond motifs is 1. The van der Waals surface area contributed by atoms with E-state index in [0.29, 0.717) is 11.4 Å². The van der Waals surface area contributed by atoms with E-state index in [1.165, 1.54) is 6.08 Å². The summed E-state index contributed by atoms with van der Waals surface area (Å²) in [4.78, 5) is 14.9. The highest BCUT2D eigenvalue weighted by atomic mass is 19.1. The Morgan fingerprint density at radius 1 is 1.34 bits per heavy atom. The Labute approximate surface area is 189 Å². The molecular weight excluding hydrogens is 405 g/mol. The molecule has 32 heavy (non-hydrogen) atoms. The molecule has 0 aromatic heterocycles. The van der Waals surface area contributed by atoms with Gasteiger partial charge in [-0.15, -0.1) is 0 Å². The Morgan fingerprint density at radius 2 is 2.03 bits per heavy atom. The summed E-state index contributed by atoms with van der Waals surface area (Å²) < 4.78 is 20.2. The maximum Gasteiger partial charge on any atom is 0.266 e. The van der Waals surface area contributed by atoms with Crippen molar-refractivity contribution in [3.05, 3.63) is 58.9 Å². The molecule has 0 aliphatic carbocycles. The van der Waals surface area contributed by atoms with Crippen molar-refractivity contribution in [2.45, 2.75) is 52.0 Å². The van der Waals surface area contributed by atoms with Crippen molar-refractivity contribution in [3.8, 4) is 11.8 Å². The van der Waals surface area contributed by atoms with Gasteiger partial charge in [0.25, 0.3) is 5.91 Å². The van der Waals surface area contributed by atoms with Gasteiger partial charge < -0.3 is 15.0 Å².